The number of benzene rings is 3. The van der Waals surface area contributed by atoms with Gasteiger partial charge in [-0.3, -0.25) is 0 Å². The molecule has 0 spiro atoms. The van der Waals surface area contributed by atoms with Gasteiger partial charge in [0.15, 0.2) is 0 Å². The number of hydrogen-bond acceptors (Lipinski definition) is 2. The van der Waals surface area contributed by atoms with Gasteiger partial charge in [-0.1, -0.05) is 54.6 Å². The van der Waals surface area contributed by atoms with Crippen LogP contribution in [0.5, 0.6) is 5.75 Å². The highest BCUT2D eigenvalue weighted by atomic mass is 19.1. The molecule has 3 aromatic carbocycles. The van der Waals surface area contributed by atoms with E-state index < -0.39 is 0 Å². The minimum atomic E-state index is -0.232. The summed E-state index contributed by atoms with van der Waals surface area (Å²) in [4.78, 5) is 0. The Balaban J connectivity index is 1.55. The first kappa shape index (κ1) is 17.2. The van der Waals surface area contributed by atoms with Crippen LogP contribution in [0.15, 0.2) is 78.9 Å². The van der Waals surface area contributed by atoms with Gasteiger partial charge in [-0.25, -0.2) is 4.39 Å². The van der Waals surface area contributed by atoms with Gasteiger partial charge in [0.25, 0.3) is 0 Å². The summed E-state index contributed by atoms with van der Waals surface area (Å²) in [6, 6.07) is 25.1. The average Bonchev–Trinajstić information content (AvgIpc) is 2.67. The molecule has 0 heterocycles. The first-order chi connectivity index (χ1) is 12.2. The Bertz CT molecular complexity index is 787. The maximum atomic E-state index is 12.9. The third-order valence-corrected chi connectivity index (χ3v) is 4.13. The molecular weight excluding hydrogens is 313 g/mol. The molecule has 0 saturated carbocycles. The van der Waals surface area contributed by atoms with Gasteiger partial charge in [0.1, 0.15) is 18.2 Å². The maximum absolute atomic E-state index is 12.9. The fourth-order valence-electron chi connectivity index (χ4n) is 2.62. The summed E-state index contributed by atoms with van der Waals surface area (Å²) in [6.07, 6.45) is 0. The number of ether oxygens (including phenoxy) is 1. The second kappa shape index (κ2) is 8.45. The highest BCUT2D eigenvalue weighted by molar-refractivity contribution is 5.29. The lowest BCUT2D eigenvalue weighted by molar-refractivity contribution is 0.305. The first-order valence-electron chi connectivity index (χ1n) is 8.45. The Morgan fingerprint density at radius 3 is 2.40 bits per heavy atom. The number of hydrogen-bond donors (Lipinski definition) is 1. The summed E-state index contributed by atoms with van der Waals surface area (Å²) >= 11 is 0. The van der Waals surface area contributed by atoms with E-state index in [1.807, 2.05) is 24.3 Å². The Kier molecular flexibility index (Phi) is 5.81. The van der Waals surface area contributed by atoms with Crippen LogP contribution in [-0.2, 0) is 13.2 Å². The molecule has 0 radical (unpaired) electrons. The Morgan fingerprint density at radius 1 is 0.880 bits per heavy atom. The number of nitrogens with one attached hydrogen (secondary N) is 1. The standard InChI is InChI=1S/C22H22FNO/c1-17(20-7-3-2-4-8-20)24-15-19-6-5-9-22(14-19)25-16-18-10-12-21(23)13-11-18/h2-14,17,24H,15-16H2,1H3/t17-/m1/s1. The van der Waals surface area contributed by atoms with Gasteiger partial charge in [-0.15, -0.1) is 0 Å². The smallest absolute Gasteiger partial charge is 0.123 e. The highest BCUT2D eigenvalue weighted by Crippen LogP contribution is 2.17. The molecule has 0 aromatic heterocycles. The lowest BCUT2D eigenvalue weighted by atomic mass is 10.1. The summed E-state index contributed by atoms with van der Waals surface area (Å²) in [5.41, 5.74) is 3.38. The predicted molar refractivity (Wildman–Crippen MR) is 98.9 cm³/mol. The Labute approximate surface area is 148 Å². The molecular formula is C22H22FNO. The lowest BCUT2D eigenvalue weighted by Crippen LogP contribution is -2.17. The number of rotatable bonds is 7. The largest absolute Gasteiger partial charge is 0.489 e. The van der Waals surface area contributed by atoms with Crippen molar-refractivity contribution in [3.8, 4) is 5.75 Å². The maximum Gasteiger partial charge on any atom is 0.123 e. The van der Waals surface area contributed by atoms with Crippen LogP contribution in [-0.4, -0.2) is 0 Å². The van der Waals surface area contributed by atoms with E-state index in [-0.39, 0.29) is 11.9 Å². The van der Waals surface area contributed by atoms with E-state index in [4.69, 9.17) is 4.74 Å². The fraction of sp³-hybridized carbons (Fsp3) is 0.182. The van der Waals surface area contributed by atoms with Crippen LogP contribution in [0, 0.1) is 5.82 Å². The molecule has 3 aromatic rings. The van der Waals surface area contributed by atoms with Crippen LogP contribution in [0.4, 0.5) is 4.39 Å². The second-order valence-electron chi connectivity index (χ2n) is 6.08. The zero-order chi connectivity index (χ0) is 17.5. The SMILES string of the molecule is C[C@@H](NCc1cccc(OCc2ccc(F)cc2)c1)c1ccccc1. The van der Waals surface area contributed by atoms with Crippen LogP contribution < -0.4 is 10.1 Å². The van der Waals surface area contributed by atoms with Crippen molar-refractivity contribution in [3.05, 3.63) is 101 Å². The van der Waals surface area contributed by atoms with E-state index >= 15 is 0 Å². The van der Waals surface area contributed by atoms with Crippen molar-refractivity contribution in [3.63, 3.8) is 0 Å². The Morgan fingerprint density at radius 2 is 1.64 bits per heavy atom. The van der Waals surface area contributed by atoms with E-state index in [9.17, 15) is 4.39 Å². The third-order valence-electron chi connectivity index (χ3n) is 4.13. The lowest BCUT2D eigenvalue weighted by Gasteiger charge is -2.15. The second-order valence-corrected chi connectivity index (χ2v) is 6.08. The van der Waals surface area contributed by atoms with Crippen LogP contribution in [0.25, 0.3) is 0 Å². The van der Waals surface area contributed by atoms with Gasteiger partial charge in [0, 0.05) is 12.6 Å². The Hall–Kier alpha value is -2.65. The van der Waals surface area contributed by atoms with E-state index in [2.05, 4.69) is 42.6 Å². The minimum Gasteiger partial charge on any atom is -0.489 e. The molecule has 0 aliphatic carbocycles. The normalized spacial score (nSPS) is 11.9. The molecule has 0 bridgehead atoms. The molecule has 2 nitrogen and oxygen atoms in total. The van der Waals surface area contributed by atoms with Crippen molar-refractivity contribution in [2.75, 3.05) is 0 Å². The molecule has 0 unspecified atom stereocenters. The molecule has 0 aliphatic heterocycles. The summed E-state index contributed by atoms with van der Waals surface area (Å²) < 4.78 is 18.7. The molecule has 0 saturated heterocycles. The minimum absolute atomic E-state index is 0.232. The molecule has 1 N–H and O–H groups in total. The third kappa shape index (κ3) is 5.16. The van der Waals surface area contributed by atoms with Gasteiger partial charge in [0.05, 0.1) is 0 Å². The van der Waals surface area contributed by atoms with Crippen molar-refractivity contribution in [2.45, 2.75) is 26.1 Å². The summed E-state index contributed by atoms with van der Waals surface area (Å²) in [6.45, 7) is 3.35. The summed E-state index contributed by atoms with van der Waals surface area (Å²) in [7, 11) is 0. The van der Waals surface area contributed by atoms with E-state index in [1.165, 1.54) is 23.3 Å². The topological polar surface area (TPSA) is 21.3 Å². The summed E-state index contributed by atoms with van der Waals surface area (Å²) in [5, 5.41) is 3.53. The van der Waals surface area contributed by atoms with Crippen molar-refractivity contribution < 1.29 is 9.13 Å². The van der Waals surface area contributed by atoms with Crippen LogP contribution in [0.2, 0.25) is 0 Å². The monoisotopic (exact) mass is 335 g/mol. The molecule has 1 atom stereocenters. The molecule has 25 heavy (non-hydrogen) atoms. The molecule has 128 valence electrons. The van der Waals surface area contributed by atoms with E-state index in [0.29, 0.717) is 6.61 Å². The van der Waals surface area contributed by atoms with Crippen molar-refractivity contribution >= 4 is 0 Å². The predicted octanol–water partition coefficient (Wildman–Crippen LogP) is 5.26. The zero-order valence-corrected chi connectivity index (χ0v) is 14.3. The first-order valence-corrected chi connectivity index (χ1v) is 8.45. The van der Waals surface area contributed by atoms with Gasteiger partial charge < -0.3 is 10.1 Å². The molecule has 0 amide bonds. The van der Waals surface area contributed by atoms with Crippen LogP contribution in [0.3, 0.4) is 0 Å². The van der Waals surface area contributed by atoms with Gasteiger partial charge >= 0.3 is 0 Å². The van der Waals surface area contributed by atoms with Gasteiger partial charge in [-0.2, -0.15) is 0 Å². The molecule has 0 aliphatic rings. The van der Waals surface area contributed by atoms with Crippen LogP contribution in [0.1, 0.15) is 29.7 Å². The van der Waals surface area contributed by atoms with E-state index in [1.54, 1.807) is 12.1 Å². The zero-order valence-electron chi connectivity index (χ0n) is 14.3. The number of halogens is 1. The van der Waals surface area contributed by atoms with E-state index in [0.717, 1.165) is 17.9 Å². The van der Waals surface area contributed by atoms with Crippen LogP contribution >= 0.6 is 0 Å². The van der Waals surface area contributed by atoms with Crippen molar-refractivity contribution in [1.29, 1.82) is 0 Å². The average molecular weight is 335 g/mol. The van der Waals surface area contributed by atoms with Crippen molar-refractivity contribution in [1.82, 2.24) is 5.32 Å². The highest BCUT2D eigenvalue weighted by Gasteiger charge is 2.05. The van der Waals surface area contributed by atoms with Crippen molar-refractivity contribution in [2.24, 2.45) is 0 Å². The van der Waals surface area contributed by atoms with Gasteiger partial charge in [-0.05, 0) is 47.9 Å². The molecule has 3 rings (SSSR count). The quantitative estimate of drug-likeness (QED) is 0.636. The molecule has 3 heteroatoms. The summed E-state index contributed by atoms with van der Waals surface area (Å²) in [5.74, 6) is 0.584. The van der Waals surface area contributed by atoms with Gasteiger partial charge in [0.2, 0.25) is 0 Å². The fourth-order valence-corrected chi connectivity index (χ4v) is 2.62. The molecule has 0 fully saturated rings.